The average Bonchev–Trinajstić information content (AvgIpc) is 3.34. The van der Waals surface area contributed by atoms with Crippen molar-refractivity contribution in [1.29, 1.82) is 0 Å². The van der Waals surface area contributed by atoms with Gasteiger partial charge in [-0.3, -0.25) is 4.90 Å². The fourth-order valence-corrected chi connectivity index (χ4v) is 2.65. The molecule has 0 atom stereocenters. The molecule has 2 aromatic carbocycles. The summed E-state index contributed by atoms with van der Waals surface area (Å²) in [6.45, 7) is 1.44. The lowest BCUT2D eigenvalue weighted by atomic mass is 10.1. The number of ether oxygens (including phenoxy) is 1. The number of nitrogens with zero attached hydrogens (tertiary/aromatic N) is 1. The zero-order chi connectivity index (χ0) is 14.7. The standard InChI is InChI=1S/C18H20FNO/c1-21-18-9-5-3-7-15(18)13-20(16-10-11-16)12-14-6-2-4-8-17(14)19/h2-9,16H,10-13H2,1H3. The summed E-state index contributed by atoms with van der Waals surface area (Å²) < 4.78 is 19.3. The van der Waals surface area contributed by atoms with Crippen molar-refractivity contribution >= 4 is 0 Å². The van der Waals surface area contributed by atoms with Gasteiger partial charge in [-0.25, -0.2) is 4.39 Å². The second kappa shape index (κ2) is 6.27. The second-order valence-electron chi connectivity index (χ2n) is 5.54. The summed E-state index contributed by atoms with van der Waals surface area (Å²) in [7, 11) is 1.69. The first-order valence-electron chi connectivity index (χ1n) is 7.37. The van der Waals surface area contributed by atoms with Gasteiger partial charge in [-0.1, -0.05) is 36.4 Å². The molecular weight excluding hydrogens is 265 g/mol. The van der Waals surface area contributed by atoms with Crippen LogP contribution in [0.4, 0.5) is 4.39 Å². The summed E-state index contributed by atoms with van der Waals surface area (Å²) >= 11 is 0. The smallest absolute Gasteiger partial charge is 0.127 e. The van der Waals surface area contributed by atoms with Crippen molar-refractivity contribution in [2.75, 3.05) is 7.11 Å². The highest BCUT2D eigenvalue weighted by molar-refractivity contribution is 5.33. The number of halogens is 1. The minimum absolute atomic E-state index is 0.122. The largest absolute Gasteiger partial charge is 0.496 e. The summed E-state index contributed by atoms with van der Waals surface area (Å²) in [5.41, 5.74) is 1.92. The molecule has 0 unspecified atom stereocenters. The van der Waals surface area contributed by atoms with Crippen LogP contribution in [0.25, 0.3) is 0 Å². The third-order valence-electron chi connectivity index (χ3n) is 3.96. The minimum atomic E-state index is -0.122. The quantitative estimate of drug-likeness (QED) is 0.795. The molecule has 21 heavy (non-hydrogen) atoms. The van der Waals surface area contributed by atoms with Gasteiger partial charge in [0.1, 0.15) is 11.6 Å². The molecule has 0 aliphatic heterocycles. The molecular formula is C18H20FNO. The first-order chi connectivity index (χ1) is 10.3. The molecule has 0 amide bonds. The highest BCUT2D eigenvalue weighted by atomic mass is 19.1. The van der Waals surface area contributed by atoms with Crippen LogP contribution in [0.1, 0.15) is 24.0 Å². The molecule has 1 aliphatic rings. The Balaban J connectivity index is 1.78. The molecule has 0 aromatic heterocycles. The second-order valence-corrected chi connectivity index (χ2v) is 5.54. The van der Waals surface area contributed by atoms with Gasteiger partial charge in [-0.05, 0) is 25.0 Å². The zero-order valence-corrected chi connectivity index (χ0v) is 12.3. The molecule has 1 fully saturated rings. The fraction of sp³-hybridized carbons (Fsp3) is 0.333. The van der Waals surface area contributed by atoms with Gasteiger partial charge in [-0.2, -0.15) is 0 Å². The zero-order valence-electron chi connectivity index (χ0n) is 12.3. The van der Waals surface area contributed by atoms with Crippen LogP contribution >= 0.6 is 0 Å². The molecule has 2 nitrogen and oxygen atoms in total. The number of para-hydroxylation sites is 1. The Morgan fingerprint density at radius 1 is 1.00 bits per heavy atom. The molecule has 1 aliphatic carbocycles. The van der Waals surface area contributed by atoms with E-state index in [1.165, 1.54) is 18.9 Å². The van der Waals surface area contributed by atoms with Gasteiger partial charge in [0.05, 0.1) is 7.11 Å². The maximum Gasteiger partial charge on any atom is 0.127 e. The Morgan fingerprint density at radius 2 is 1.62 bits per heavy atom. The van der Waals surface area contributed by atoms with Crippen molar-refractivity contribution in [3.63, 3.8) is 0 Å². The van der Waals surface area contributed by atoms with E-state index in [2.05, 4.69) is 11.0 Å². The van der Waals surface area contributed by atoms with Crippen LogP contribution in [0.3, 0.4) is 0 Å². The van der Waals surface area contributed by atoms with Crippen LogP contribution in [0.15, 0.2) is 48.5 Å². The van der Waals surface area contributed by atoms with E-state index < -0.39 is 0 Å². The van der Waals surface area contributed by atoms with E-state index in [0.717, 1.165) is 23.4 Å². The Bertz CT molecular complexity index is 610. The third-order valence-corrected chi connectivity index (χ3v) is 3.96. The lowest BCUT2D eigenvalue weighted by Crippen LogP contribution is -2.25. The van der Waals surface area contributed by atoms with Crippen LogP contribution in [-0.4, -0.2) is 18.1 Å². The van der Waals surface area contributed by atoms with Crippen molar-refractivity contribution in [3.8, 4) is 5.75 Å². The van der Waals surface area contributed by atoms with Crippen molar-refractivity contribution in [1.82, 2.24) is 4.90 Å². The van der Waals surface area contributed by atoms with E-state index in [1.807, 2.05) is 30.3 Å². The molecule has 0 spiro atoms. The van der Waals surface area contributed by atoms with Gasteiger partial charge in [0, 0.05) is 30.3 Å². The summed E-state index contributed by atoms with van der Waals surface area (Å²) in [4.78, 5) is 2.34. The Labute approximate surface area is 125 Å². The van der Waals surface area contributed by atoms with Crippen LogP contribution in [0, 0.1) is 5.82 Å². The monoisotopic (exact) mass is 285 g/mol. The summed E-state index contributed by atoms with van der Waals surface area (Å²) in [5.74, 6) is 0.778. The molecule has 0 bridgehead atoms. The summed E-state index contributed by atoms with van der Waals surface area (Å²) in [5, 5.41) is 0. The number of hydrogen-bond acceptors (Lipinski definition) is 2. The Hall–Kier alpha value is -1.87. The molecule has 0 saturated heterocycles. The molecule has 0 heterocycles. The molecule has 0 radical (unpaired) electrons. The lowest BCUT2D eigenvalue weighted by Gasteiger charge is -2.23. The number of rotatable bonds is 6. The van der Waals surface area contributed by atoms with Gasteiger partial charge in [-0.15, -0.1) is 0 Å². The van der Waals surface area contributed by atoms with Crippen molar-refractivity contribution in [3.05, 3.63) is 65.5 Å². The van der Waals surface area contributed by atoms with Crippen molar-refractivity contribution in [2.45, 2.75) is 32.0 Å². The van der Waals surface area contributed by atoms with Gasteiger partial charge < -0.3 is 4.74 Å². The van der Waals surface area contributed by atoms with Crippen molar-refractivity contribution < 1.29 is 9.13 Å². The molecule has 3 rings (SSSR count). The van der Waals surface area contributed by atoms with E-state index in [4.69, 9.17) is 4.74 Å². The molecule has 2 aromatic rings. The number of benzene rings is 2. The van der Waals surface area contributed by atoms with Gasteiger partial charge in [0.15, 0.2) is 0 Å². The van der Waals surface area contributed by atoms with Crippen molar-refractivity contribution in [2.24, 2.45) is 0 Å². The van der Waals surface area contributed by atoms with E-state index in [0.29, 0.717) is 12.6 Å². The third kappa shape index (κ3) is 3.42. The summed E-state index contributed by atoms with van der Waals surface area (Å²) in [6.07, 6.45) is 2.40. The topological polar surface area (TPSA) is 12.5 Å². The van der Waals surface area contributed by atoms with E-state index in [1.54, 1.807) is 13.2 Å². The first-order valence-corrected chi connectivity index (χ1v) is 7.37. The Kier molecular flexibility index (Phi) is 4.20. The van der Waals surface area contributed by atoms with E-state index in [-0.39, 0.29) is 5.82 Å². The molecule has 1 saturated carbocycles. The molecule has 110 valence electrons. The highest BCUT2D eigenvalue weighted by Crippen LogP contribution is 2.31. The van der Waals surface area contributed by atoms with Crippen LogP contribution in [-0.2, 0) is 13.1 Å². The van der Waals surface area contributed by atoms with Gasteiger partial charge in [0.25, 0.3) is 0 Å². The fourth-order valence-electron chi connectivity index (χ4n) is 2.65. The predicted octanol–water partition coefficient (Wildman–Crippen LogP) is 4.00. The van der Waals surface area contributed by atoms with Gasteiger partial charge in [0.2, 0.25) is 0 Å². The minimum Gasteiger partial charge on any atom is -0.496 e. The van der Waals surface area contributed by atoms with E-state index >= 15 is 0 Å². The van der Waals surface area contributed by atoms with Crippen LogP contribution in [0.5, 0.6) is 5.75 Å². The van der Waals surface area contributed by atoms with Gasteiger partial charge >= 0.3 is 0 Å². The summed E-state index contributed by atoms with van der Waals surface area (Å²) in [6, 6.07) is 15.6. The Morgan fingerprint density at radius 3 is 2.29 bits per heavy atom. The maximum absolute atomic E-state index is 13.9. The average molecular weight is 285 g/mol. The molecule has 3 heteroatoms. The number of methoxy groups -OCH3 is 1. The molecule has 0 N–H and O–H groups in total. The SMILES string of the molecule is COc1ccccc1CN(Cc1ccccc1F)C1CC1. The van der Waals surface area contributed by atoms with E-state index in [9.17, 15) is 4.39 Å². The number of hydrogen-bond donors (Lipinski definition) is 0. The highest BCUT2D eigenvalue weighted by Gasteiger charge is 2.29. The van der Waals surface area contributed by atoms with Crippen LogP contribution in [0.2, 0.25) is 0 Å². The predicted molar refractivity (Wildman–Crippen MR) is 81.7 cm³/mol. The normalized spacial score (nSPS) is 14.4. The maximum atomic E-state index is 13.9. The van der Waals surface area contributed by atoms with Crippen LogP contribution < -0.4 is 4.74 Å². The first kappa shape index (κ1) is 14.1. The lowest BCUT2D eigenvalue weighted by molar-refractivity contribution is 0.238.